The Kier molecular flexibility index (Phi) is 2.26. The van der Waals surface area contributed by atoms with Crippen LogP contribution in [0.25, 0.3) is 0 Å². The summed E-state index contributed by atoms with van der Waals surface area (Å²) in [4.78, 5) is 12.8. The summed E-state index contributed by atoms with van der Waals surface area (Å²) in [6.45, 7) is 0.946. The van der Waals surface area contributed by atoms with E-state index in [1.807, 2.05) is 0 Å². The lowest BCUT2D eigenvalue weighted by atomic mass is 10.00. The maximum atomic E-state index is 11.1. The van der Waals surface area contributed by atoms with E-state index in [1.54, 1.807) is 4.90 Å². The highest BCUT2D eigenvalue weighted by molar-refractivity contribution is 5.77. The van der Waals surface area contributed by atoms with E-state index in [0.717, 1.165) is 19.4 Å². The van der Waals surface area contributed by atoms with Gasteiger partial charge in [-0.15, -0.1) is 0 Å². The number of nitrogens with zero attached hydrogens (tertiary/aromatic N) is 1. The molecule has 1 saturated carbocycles. The Balaban J connectivity index is 1.98. The van der Waals surface area contributed by atoms with Crippen LogP contribution < -0.4 is 0 Å². The number of carbonyl (C=O) groups is 1. The summed E-state index contributed by atoms with van der Waals surface area (Å²) in [5.74, 6) is 0.516. The molecule has 2 N–H and O–H groups in total. The SMILES string of the molecule is O=C(CO)N1CC2CCC(O)C2C1. The van der Waals surface area contributed by atoms with E-state index >= 15 is 0 Å². The second-order valence-electron chi connectivity index (χ2n) is 4.03. The number of hydrogen-bond acceptors (Lipinski definition) is 3. The van der Waals surface area contributed by atoms with Crippen molar-refractivity contribution in [1.82, 2.24) is 4.90 Å². The fourth-order valence-electron chi connectivity index (χ4n) is 2.54. The molecule has 0 aromatic carbocycles. The van der Waals surface area contributed by atoms with Crippen LogP contribution in [-0.2, 0) is 4.79 Å². The van der Waals surface area contributed by atoms with Crippen LogP contribution in [0.1, 0.15) is 12.8 Å². The number of carbonyl (C=O) groups excluding carboxylic acids is 1. The molecule has 13 heavy (non-hydrogen) atoms. The topological polar surface area (TPSA) is 60.8 Å². The van der Waals surface area contributed by atoms with E-state index in [0.29, 0.717) is 12.5 Å². The number of rotatable bonds is 1. The lowest BCUT2D eigenvalue weighted by Gasteiger charge is -2.16. The molecule has 0 spiro atoms. The molecule has 0 aromatic heterocycles. The Morgan fingerprint density at radius 2 is 2.15 bits per heavy atom. The van der Waals surface area contributed by atoms with Gasteiger partial charge in [0.25, 0.3) is 0 Å². The average Bonchev–Trinajstić information content (AvgIpc) is 2.67. The summed E-state index contributed by atoms with van der Waals surface area (Å²) >= 11 is 0. The molecule has 2 rings (SSSR count). The number of aliphatic hydroxyl groups is 2. The molecule has 74 valence electrons. The standard InChI is InChI=1S/C9H15NO3/c11-5-9(13)10-3-6-1-2-8(12)7(6)4-10/h6-8,11-12H,1-5H2. The molecule has 2 fully saturated rings. The van der Waals surface area contributed by atoms with Crippen molar-refractivity contribution in [2.45, 2.75) is 18.9 Å². The normalized spacial score (nSPS) is 38.0. The molecule has 2 aliphatic rings. The van der Waals surface area contributed by atoms with E-state index in [2.05, 4.69) is 0 Å². The molecule has 3 unspecified atom stereocenters. The van der Waals surface area contributed by atoms with Crippen LogP contribution in [0.15, 0.2) is 0 Å². The predicted octanol–water partition coefficient (Wildman–Crippen LogP) is -0.792. The molecule has 1 saturated heterocycles. The molecular formula is C9H15NO3. The van der Waals surface area contributed by atoms with Crippen LogP contribution in [0.5, 0.6) is 0 Å². The zero-order valence-electron chi connectivity index (χ0n) is 7.52. The number of likely N-dealkylation sites (tertiary alicyclic amines) is 1. The fraction of sp³-hybridized carbons (Fsp3) is 0.889. The Morgan fingerprint density at radius 1 is 1.38 bits per heavy atom. The van der Waals surface area contributed by atoms with Crippen LogP contribution >= 0.6 is 0 Å². The van der Waals surface area contributed by atoms with Crippen molar-refractivity contribution < 1.29 is 15.0 Å². The van der Waals surface area contributed by atoms with Crippen molar-refractivity contribution >= 4 is 5.91 Å². The van der Waals surface area contributed by atoms with Gasteiger partial charge in [0.15, 0.2) is 0 Å². The maximum Gasteiger partial charge on any atom is 0.248 e. The van der Waals surface area contributed by atoms with Crippen molar-refractivity contribution in [3.63, 3.8) is 0 Å². The second kappa shape index (κ2) is 3.27. The van der Waals surface area contributed by atoms with Gasteiger partial charge in [0.2, 0.25) is 5.91 Å². The summed E-state index contributed by atoms with van der Waals surface area (Å²) in [6, 6.07) is 0. The average molecular weight is 185 g/mol. The third kappa shape index (κ3) is 1.44. The first-order chi connectivity index (χ1) is 6.22. The molecule has 0 bridgehead atoms. The summed E-state index contributed by atoms with van der Waals surface area (Å²) in [5, 5.41) is 18.2. The van der Waals surface area contributed by atoms with Gasteiger partial charge in [0, 0.05) is 19.0 Å². The molecule has 1 aliphatic carbocycles. The van der Waals surface area contributed by atoms with Gasteiger partial charge in [-0.2, -0.15) is 0 Å². The monoisotopic (exact) mass is 185 g/mol. The van der Waals surface area contributed by atoms with Gasteiger partial charge in [-0.3, -0.25) is 4.79 Å². The van der Waals surface area contributed by atoms with E-state index < -0.39 is 6.61 Å². The molecule has 1 aliphatic heterocycles. The van der Waals surface area contributed by atoms with E-state index in [9.17, 15) is 9.90 Å². The zero-order valence-corrected chi connectivity index (χ0v) is 7.52. The minimum Gasteiger partial charge on any atom is -0.393 e. The van der Waals surface area contributed by atoms with Gasteiger partial charge < -0.3 is 15.1 Å². The minimum absolute atomic E-state index is 0.207. The van der Waals surface area contributed by atoms with Gasteiger partial charge in [-0.05, 0) is 18.8 Å². The Bertz CT molecular complexity index is 219. The third-order valence-corrected chi connectivity index (χ3v) is 3.31. The minimum atomic E-state index is -0.407. The van der Waals surface area contributed by atoms with Crippen molar-refractivity contribution in [2.75, 3.05) is 19.7 Å². The number of fused-ring (bicyclic) bond motifs is 1. The Morgan fingerprint density at radius 3 is 2.77 bits per heavy atom. The van der Waals surface area contributed by atoms with Crippen LogP contribution in [0.3, 0.4) is 0 Å². The van der Waals surface area contributed by atoms with Crippen LogP contribution in [0, 0.1) is 11.8 Å². The highest BCUT2D eigenvalue weighted by atomic mass is 16.3. The van der Waals surface area contributed by atoms with Gasteiger partial charge >= 0.3 is 0 Å². The van der Waals surface area contributed by atoms with Crippen molar-refractivity contribution in [2.24, 2.45) is 11.8 Å². The van der Waals surface area contributed by atoms with E-state index in [1.165, 1.54) is 0 Å². The molecule has 0 radical (unpaired) electrons. The van der Waals surface area contributed by atoms with Gasteiger partial charge in [-0.25, -0.2) is 0 Å². The van der Waals surface area contributed by atoms with Gasteiger partial charge in [0.05, 0.1) is 6.10 Å². The predicted molar refractivity (Wildman–Crippen MR) is 45.9 cm³/mol. The molecule has 1 heterocycles. The van der Waals surface area contributed by atoms with Crippen molar-refractivity contribution in [3.05, 3.63) is 0 Å². The number of hydrogen-bond donors (Lipinski definition) is 2. The molecule has 0 aromatic rings. The summed E-state index contributed by atoms with van der Waals surface area (Å²) < 4.78 is 0. The molecule has 3 atom stereocenters. The quantitative estimate of drug-likeness (QED) is 0.562. The maximum absolute atomic E-state index is 11.1. The van der Waals surface area contributed by atoms with Crippen molar-refractivity contribution in [1.29, 1.82) is 0 Å². The van der Waals surface area contributed by atoms with Crippen LogP contribution in [0.2, 0.25) is 0 Å². The highest BCUT2D eigenvalue weighted by Gasteiger charge is 2.42. The van der Waals surface area contributed by atoms with Crippen LogP contribution in [0.4, 0.5) is 0 Å². The molecule has 4 heteroatoms. The van der Waals surface area contributed by atoms with E-state index in [-0.39, 0.29) is 17.9 Å². The second-order valence-corrected chi connectivity index (χ2v) is 4.03. The summed E-state index contributed by atoms with van der Waals surface area (Å²) in [5.41, 5.74) is 0. The number of amides is 1. The van der Waals surface area contributed by atoms with Gasteiger partial charge in [-0.1, -0.05) is 0 Å². The summed E-state index contributed by atoms with van der Waals surface area (Å²) in [7, 11) is 0. The first-order valence-corrected chi connectivity index (χ1v) is 4.79. The first kappa shape index (κ1) is 8.97. The largest absolute Gasteiger partial charge is 0.393 e. The zero-order chi connectivity index (χ0) is 9.42. The molecular weight excluding hydrogens is 170 g/mol. The van der Waals surface area contributed by atoms with Gasteiger partial charge in [0.1, 0.15) is 6.61 Å². The molecule has 1 amide bonds. The smallest absolute Gasteiger partial charge is 0.248 e. The summed E-state index contributed by atoms with van der Waals surface area (Å²) in [6.07, 6.45) is 1.65. The highest BCUT2D eigenvalue weighted by Crippen LogP contribution is 2.37. The Hall–Kier alpha value is -0.610. The van der Waals surface area contributed by atoms with E-state index in [4.69, 9.17) is 5.11 Å². The van der Waals surface area contributed by atoms with Crippen LogP contribution in [-0.4, -0.2) is 46.8 Å². The first-order valence-electron chi connectivity index (χ1n) is 4.79. The fourth-order valence-corrected chi connectivity index (χ4v) is 2.54. The third-order valence-electron chi connectivity index (χ3n) is 3.31. The lowest BCUT2D eigenvalue weighted by molar-refractivity contribution is -0.133. The lowest BCUT2D eigenvalue weighted by Crippen LogP contribution is -2.32. The molecule has 4 nitrogen and oxygen atoms in total. The van der Waals surface area contributed by atoms with Crippen molar-refractivity contribution in [3.8, 4) is 0 Å². The Labute approximate surface area is 77.2 Å². The number of aliphatic hydroxyl groups excluding tert-OH is 2.